The molecule has 0 aliphatic heterocycles. The molecule has 0 aliphatic carbocycles. The lowest BCUT2D eigenvalue weighted by atomic mass is 10.2. The van der Waals surface area contributed by atoms with Crippen LogP contribution in [0.15, 0.2) is 0 Å². The average molecular weight is 268 g/mol. The van der Waals surface area contributed by atoms with Crippen molar-refractivity contribution in [3.05, 3.63) is 0 Å². The monoisotopic (exact) mass is 267 g/mol. The third-order valence-electron chi connectivity index (χ3n) is 1.84. The maximum absolute atomic E-state index is 11.2. The lowest BCUT2D eigenvalue weighted by Gasteiger charge is -2.09. The highest BCUT2D eigenvalue weighted by Gasteiger charge is 2.15. The van der Waals surface area contributed by atoms with Gasteiger partial charge in [-0.2, -0.15) is 0 Å². The van der Waals surface area contributed by atoms with Gasteiger partial charge in [0.05, 0.1) is 19.6 Å². The van der Waals surface area contributed by atoms with E-state index >= 15 is 0 Å². The fourth-order valence-electron chi connectivity index (χ4n) is 0.987. The number of hydrogen-bond donors (Lipinski definition) is 3. The van der Waals surface area contributed by atoms with Gasteiger partial charge in [-0.15, -0.1) is 12.4 Å². The molecule has 17 heavy (non-hydrogen) atoms. The van der Waals surface area contributed by atoms with E-state index < -0.39 is 17.9 Å². The minimum atomic E-state index is -0.935. The zero-order chi connectivity index (χ0) is 12.6. The van der Waals surface area contributed by atoms with Gasteiger partial charge >= 0.3 is 5.97 Å². The molecule has 7 nitrogen and oxygen atoms in total. The molecule has 0 rings (SSSR count). The van der Waals surface area contributed by atoms with Gasteiger partial charge in [-0.05, 0) is 6.42 Å². The first-order valence-electron chi connectivity index (χ1n) is 4.85. The van der Waals surface area contributed by atoms with Crippen LogP contribution in [0.25, 0.3) is 0 Å². The second kappa shape index (κ2) is 9.86. The first kappa shape index (κ1) is 18.0. The topological polar surface area (TPSA) is 125 Å². The Morgan fingerprint density at radius 2 is 1.94 bits per heavy atom. The maximum atomic E-state index is 11.2. The molecule has 8 heteroatoms. The van der Waals surface area contributed by atoms with E-state index in [4.69, 9.17) is 11.5 Å². The van der Waals surface area contributed by atoms with Crippen LogP contribution in [0.1, 0.15) is 19.3 Å². The molecule has 1 atom stereocenters. The first-order valence-corrected chi connectivity index (χ1v) is 4.85. The third kappa shape index (κ3) is 9.58. The summed E-state index contributed by atoms with van der Waals surface area (Å²) >= 11 is 0. The average Bonchev–Trinajstić information content (AvgIpc) is 2.22. The van der Waals surface area contributed by atoms with E-state index in [1.807, 2.05) is 0 Å². The molecule has 1 unspecified atom stereocenters. The van der Waals surface area contributed by atoms with Crippen molar-refractivity contribution in [3.8, 4) is 0 Å². The molecule has 2 amide bonds. The zero-order valence-corrected chi connectivity index (χ0v) is 10.4. The Morgan fingerprint density at radius 1 is 1.35 bits per heavy atom. The molecular weight excluding hydrogens is 250 g/mol. The number of halogens is 1. The van der Waals surface area contributed by atoms with Crippen LogP contribution in [-0.2, 0) is 19.1 Å². The van der Waals surface area contributed by atoms with E-state index in [0.29, 0.717) is 13.0 Å². The molecule has 0 radical (unpaired) electrons. The summed E-state index contributed by atoms with van der Waals surface area (Å²) in [6, 6.07) is -0.935. The van der Waals surface area contributed by atoms with Crippen molar-refractivity contribution >= 4 is 30.2 Å². The Labute approximate surface area is 106 Å². The SMILES string of the molecule is COC(=O)CCCNC(=O)C(N)CC(N)=O.Cl. The van der Waals surface area contributed by atoms with Crippen LogP contribution in [0.4, 0.5) is 0 Å². The van der Waals surface area contributed by atoms with Crippen molar-refractivity contribution in [2.75, 3.05) is 13.7 Å². The number of primary amides is 1. The highest BCUT2D eigenvalue weighted by molar-refractivity contribution is 5.87. The highest BCUT2D eigenvalue weighted by Crippen LogP contribution is 1.91. The molecule has 0 aromatic carbocycles. The van der Waals surface area contributed by atoms with Crippen LogP contribution < -0.4 is 16.8 Å². The number of esters is 1. The van der Waals surface area contributed by atoms with Crippen LogP contribution in [0.3, 0.4) is 0 Å². The van der Waals surface area contributed by atoms with Gasteiger partial charge in [-0.25, -0.2) is 0 Å². The number of carbonyl (C=O) groups is 3. The minimum Gasteiger partial charge on any atom is -0.469 e. The van der Waals surface area contributed by atoms with Crippen molar-refractivity contribution in [1.29, 1.82) is 0 Å². The van der Waals surface area contributed by atoms with Crippen molar-refractivity contribution in [2.45, 2.75) is 25.3 Å². The van der Waals surface area contributed by atoms with Crippen LogP contribution in [0.5, 0.6) is 0 Å². The van der Waals surface area contributed by atoms with Gasteiger partial charge in [0.15, 0.2) is 0 Å². The number of rotatable bonds is 7. The minimum absolute atomic E-state index is 0. The normalized spacial score (nSPS) is 10.9. The van der Waals surface area contributed by atoms with Crippen LogP contribution in [0, 0.1) is 0 Å². The largest absolute Gasteiger partial charge is 0.469 e. The summed E-state index contributed by atoms with van der Waals surface area (Å²) in [7, 11) is 1.30. The van der Waals surface area contributed by atoms with E-state index in [2.05, 4.69) is 10.1 Å². The lowest BCUT2D eigenvalue weighted by Crippen LogP contribution is -2.43. The second-order valence-corrected chi connectivity index (χ2v) is 3.25. The van der Waals surface area contributed by atoms with Gasteiger partial charge in [0.25, 0.3) is 0 Å². The molecule has 0 heterocycles. The number of methoxy groups -OCH3 is 1. The van der Waals surface area contributed by atoms with Gasteiger partial charge in [-0.3, -0.25) is 14.4 Å². The summed E-state index contributed by atoms with van der Waals surface area (Å²) < 4.78 is 4.42. The smallest absolute Gasteiger partial charge is 0.305 e. The molecule has 0 saturated carbocycles. The number of amides is 2. The van der Waals surface area contributed by atoms with Gasteiger partial charge in [0.2, 0.25) is 11.8 Å². The van der Waals surface area contributed by atoms with Gasteiger partial charge in [0.1, 0.15) is 0 Å². The van der Waals surface area contributed by atoms with Crippen molar-refractivity contribution in [2.24, 2.45) is 11.5 Å². The maximum Gasteiger partial charge on any atom is 0.305 e. The van der Waals surface area contributed by atoms with Crippen LogP contribution >= 0.6 is 12.4 Å². The van der Waals surface area contributed by atoms with Gasteiger partial charge in [0, 0.05) is 13.0 Å². The van der Waals surface area contributed by atoms with E-state index in [1.165, 1.54) is 7.11 Å². The van der Waals surface area contributed by atoms with Crippen molar-refractivity contribution < 1.29 is 19.1 Å². The summed E-state index contributed by atoms with van der Waals surface area (Å²) in [5, 5.41) is 2.49. The fraction of sp³-hybridized carbons (Fsp3) is 0.667. The number of nitrogens with two attached hydrogens (primary N) is 2. The van der Waals surface area contributed by atoms with E-state index in [0.717, 1.165) is 0 Å². The Balaban J connectivity index is 0. The quantitative estimate of drug-likeness (QED) is 0.390. The Hall–Kier alpha value is -1.34. The zero-order valence-electron chi connectivity index (χ0n) is 9.60. The van der Waals surface area contributed by atoms with Crippen molar-refractivity contribution in [3.63, 3.8) is 0 Å². The second-order valence-electron chi connectivity index (χ2n) is 3.25. The molecule has 0 bridgehead atoms. The highest BCUT2D eigenvalue weighted by atomic mass is 35.5. The van der Waals surface area contributed by atoms with E-state index in [1.54, 1.807) is 0 Å². The molecule has 0 aromatic rings. The summed E-state index contributed by atoms with van der Waals surface area (Å²) in [6.07, 6.45) is 0.492. The van der Waals surface area contributed by atoms with Gasteiger partial charge < -0.3 is 21.5 Å². The molecule has 0 aromatic heterocycles. The number of carbonyl (C=O) groups excluding carboxylic acids is 3. The first-order chi connectivity index (χ1) is 7.47. The fourth-order valence-corrected chi connectivity index (χ4v) is 0.987. The lowest BCUT2D eigenvalue weighted by molar-refractivity contribution is -0.140. The molecule has 5 N–H and O–H groups in total. The molecule has 100 valence electrons. The Morgan fingerprint density at radius 3 is 2.41 bits per heavy atom. The molecular formula is C9H18ClN3O4. The third-order valence-corrected chi connectivity index (χ3v) is 1.84. The molecule has 0 spiro atoms. The summed E-state index contributed by atoms with van der Waals surface area (Å²) in [4.78, 5) is 32.4. The predicted molar refractivity (Wildman–Crippen MR) is 63.3 cm³/mol. The van der Waals surface area contributed by atoms with Crippen molar-refractivity contribution in [1.82, 2.24) is 5.32 Å². The molecule has 0 saturated heterocycles. The van der Waals surface area contributed by atoms with Crippen LogP contribution in [0.2, 0.25) is 0 Å². The summed E-state index contributed by atoms with van der Waals surface area (Å²) in [6.45, 7) is 0.306. The molecule has 0 aliphatic rings. The number of hydrogen-bond acceptors (Lipinski definition) is 5. The Kier molecular flexibility index (Phi) is 10.5. The van der Waals surface area contributed by atoms with E-state index in [9.17, 15) is 14.4 Å². The molecule has 0 fully saturated rings. The Bertz CT molecular complexity index is 273. The van der Waals surface area contributed by atoms with Crippen LogP contribution in [-0.4, -0.2) is 37.5 Å². The standard InChI is InChI=1S/C9H17N3O4.ClH/c1-16-8(14)3-2-4-12-9(15)6(10)5-7(11)13;/h6H,2-5,10H2,1H3,(H2,11,13)(H,12,15);1H. The summed E-state index contributed by atoms with van der Waals surface area (Å²) in [5.41, 5.74) is 10.3. The predicted octanol–water partition coefficient (Wildman–Crippen LogP) is -1.32. The summed E-state index contributed by atoms with van der Waals surface area (Å²) in [5.74, 6) is -1.42. The van der Waals surface area contributed by atoms with E-state index in [-0.39, 0.29) is 31.2 Å². The van der Waals surface area contributed by atoms with Gasteiger partial charge in [-0.1, -0.05) is 0 Å². The number of nitrogens with one attached hydrogen (secondary N) is 1. The number of ether oxygens (including phenoxy) is 1.